The minimum absolute atomic E-state index is 0.309. The second-order valence-electron chi connectivity index (χ2n) is 13.9. The molecule has 6 nitrogen and oxygen atoms in total. The van der Waals surface area contributed by atoms with E-state index in [2.05, 4.69) is 9.80 Å². The predicted molar refractivity (Wildman–Crippen MR) is 169 cm³/mol. The fourth-order valence-electron chi connectivity index (χ4n) is 9.12. The molecule has 0 spiro atoms. The minimum Gasteiger partial charge on any atom is -0.478 e. The van der Waals surface area contributed by atoms with Gasteiger partial charge in [0.05, 0.1) is 11.1 Å². The molecule has 4 aliphatic rings. The zero-order valence-corrected chi connectivity index (χ0v) is 26.0. The molecule has 0 radical (unpaired) electrons. The normalized spacial score (nSPS) is 22.1. The van der Waals surface area contributed by atoms with Crippen LogP contribution < -0.4 is 0 Å². The van der Waals surface area contributed by atoms with Crippen LogP contribution in [0.5, 0.6) is 0 Å². The molecule has 6 heteroatoms. The van der Waals surface area contributed by atoms with Crippen LogP contribution in [0.4, 0.5) is 0 Å². The van der Waals surface area contributed by atoms with Crippen LogP contribution in [-0.4, -0.2) is 69.2 Å². The summed E-state index contributed by atoms with van der Waals surface area (Å²) in [6.07, 6.45) is 26.7. The van der Waals surface area contributed by atoms with Gasteiger partial charge in [-0.15, -0.1) is 0 Å². The molecule has 234 valence electrons. The Labute approximate surface area is 254 Å². The molecule has 0 amide bonds. The lowest BCUT2D eigenvalue weighted by Crippen LogP contribution is -2.46. The largest absolute Gasteiger partial charge is 0.478 e. The van der Waals surface area contributed by atoms with Crippen LogP contribution in [0.25, 0.3) is 0 Å². The number of carboxylic acids is 2. The van der Waals surface area contributed by atoms with Crippen molar-refractivity contribution in [3.05, 3.63) is 34.4 Å². The molecule has 0 aliphatic heterocycles. The van der Waals surface area contributed by atoms with Crippen molar-refractivity contribution in [2.24, 2.45) is 0 Å². The highest BCUT2D eigenvalue weighted by molar-refractivity contribution is 5.95. The van der Waals surface area contributed by atoms with Crippen LogP contribution in [-0.2, 0) is 12.8 Å². The first-order chi connectivity index (χ1) is 20.5. The quantitative estimate of drug-likeness (QED) is 0.260. The minimum atomic E-state index is -0.929. The van der Waals surface area contributed by atoms with E-state index in [9.17, 15) is 19.8 Å². The highest BCUT2D eigenvalue weighted by atomic mass is 16.4. The molecule has 4 fully saturated rings. The number of rotatable bonds is 12. The van der Waals surface area contributed by atoms with Crippen molar-refractivity contribution < 1.29 is 19.8 Å². The van der Waals surface area contributed by atoms with E-state index in [0.717, 1.165) is 24.2 Å². The Morgan fingerprint density at radius 1 is 0.500 bits per heavy atom. The third-order valence-electron chi connectivity index (χ3n) is 11.3. The molecule has 0 bridgehead atoms. The number of carbonyl (C=O) groups is 2. The smallest absolute Gasteiger partial charge is 0.335 e. The molecule has 1 aromatic carbocycles. The second-order valence-corrected chi connectivity index (χ2v) is 13.9. The van der Waals surface area contributed by atoms with E-state index in [1.165, 1.54) is 128 Å². The van der Waals surface area contributed by atoms with Crippen LogP contribution in [0.2, 0.25) is 0 Å². The van der Waals surface area contributed by atoms with Crippen LogP contribution in [0.1, 0.15) is 160 Å². The molecule has 2 N–H and O–H groups in total. The van der Waals surface area contributed by atoms with Crippen molar-refractivity contribution in [1.29, 1.82) is 0 Å². The lowest BCUT2D eigenvalue weighted by Gasteiger charge is -2.42. The highest BCUT2D eigenvalue weighted by Crippen LogP contribution is 2.33. The average molecular weight is 581 g/mol. The summed E-state index contributed by atoms with van der Waals surface area (Å²) in [5, 5.41) is 20.6. The molecule has 5 rings (SSSR count). The van der Waals surface area contributed by atoms with Gasteiger partial charge in [-0.1, -0.05) is 77.0 Å². The van der Waals surface area contributed by atoms with Gasteiger partial charge in [-0.25, -0.2) is 9.59 Å². The number of nitrogens with zero attached hydrogens (tertiary/aromatic N) is 2. The molecule has 4 saturated carbocycles. The molecular weight excluding hydrogens is 524 g/mol. The third kappa shape index (κ3) is 7.96. The topological polar surface area (TPSA) is 81.1 Å². The third-order valence-corrected chi connectivity index (χ3v) is 11.3. The Kier molecular flexibility index (Phi) is 11.8. The zero-order chi connectivity index (χ0) is 29.3. The summed E-state index contributed by atoms with van der Waals surface area (Å²) < 4.78 is 0. The van der Waals surface area contributed by atoms with Crippen molar-refractivity contribution in [2.75, 3.05) is 13.1 Å². The van der Waals surface area contributed by atoms with Gasteiger partial charge in [0, 0.05) is 37.3 Å². The predicted octanol–water partition coefficient (Wildman–Crippen LogP) is 8.10. The van der Waals surface area contributed by atoms with E-state index in [1.54, 1.807) is 12.1 Å². The Hall–Kier alpha value is -1.92. The lowest BCUT2D eigenvalue weighted by atomic mass is 9.86. The summed E-state index contributed by atoms with van der Waals surface area (Å²) in [5.41, 5.74) is 2.19. The average Bonchev–Trinajstić information content (AvgIpc) is 3.03. The van der Waals surface area contributed by atoms with Crippen molar-refractivity contribution in [2.45, 2.75) is 165 Å². The first kappa shape index (κ1) is 31.5. The van der Waals surface area contributed by atoms with Crippen molar-refractivity contribution in [1.82, 2.24) is 9.80 Å². The molecule has 1 aromatic rings. The molecule has 0 heterocycles. The van der Waals surface area contributed by atoms with Gasteiger partial charge in [-0.05, 0) is 87.5 Å². The van der Waals surface area contributed by atoms with Gasteiger partial charge in [0.15, 0.2) is 0 Å². The maximum atomic E-state index is 12.6. The summed E-state index contributed by atoms with van der Waals surface area (Å²) >= 11 is 0. The first-order valence-electron chi connectivity index (χ1n) is 17.7. The van der Waals surface area contributed by atoms with E-state index in [4.69, 9.17) is 0 Å². The van der Waals surface area contributed by atoms with Gasteiger partial charge in [0.2, 0.25) is 0 Å². The summed E-state index contributed by atoms with van der Waals surface area (Å²) in [6, 6.07) is 5.44. The summed E-state index contributed by atoms with van der Waals surface area (Å²) in [5.74, 6) is -1.86. The number of hydrogen-bond donors (Lipinski definition) is 2. The van der Waals surface area contributed by atoms with Crippen molar-refractivity contribution in [3.8, 4) is 0 Å². The summed E-state index contributed by atoms with van der Waals surface area (Å²) in [6.45, 7) is 1.67. The number of carboxylic acid groups (broad SMARTS) is 2. The zero-order valence-electron chi connectivity index (χ0n) is 26.0. The van der Waals surface area contributed by atoms with Crippen molar-refractivity contribution in [3.63, 3.8) is 0 Å². The van der Waals surface area contributed by atoms with Gasteiger partial charge in [0.1, 0.15) is 0 Å². The van der Waals surface area contributed by atoms with Crippen LogP contribution in [0.3, 0.4) is 0 Å². The van der Waals surface area contributed by atoms with E-state index in [-0.39, 0.29) is 0 Å². The summed E-state index contributed by atoms with van der Waals surface area (Å²) in [4.78, 5) is 30.6. The Morgan fingerprint density at radius 2 is 0.762 bits per heavy atom. The maximum absolute atomic E-state index is 12.6. The number of aromatic carboxylic acids is 2. The molecule has 0 atom stereocenters. The van der Waals surface area contributed by atoms with E-state index < -0.39 is 11.9 Å². The monoisotopic (exact) mass is 580 g/mol. The Balaban J connectivity index is 1.42. The second kappa shape index (κ2) is 15.7. The van der Waals surface area contributed by atoms with E-state index >= 15 is 0 Å². The van der Waals surface area contributed by atoms with Gasteiger partial charge in [0.25, 0.3) is 0 Å². The Bertz CT molecular complexity index is 900. The molecule has 0 aromatic heterocycles. The summed E-state index contributed by atoms with van der Waals surface area (Å²) in [7, 11) is 0. The van der Waals surface area contributed by atoms with Crippen LogP contribution in [0.15, 0.2) is 12.1 Å². The Morgan fingerprint density at radius 3 is 1.00 bits per heavy atom. The number of benzene rings is 1. The fraction of sp³-hybridized carbons (Fsp3) is 0.778. The van der Waals surface area contributed by atoms with Gasteiger partial charge < -0.3 is 10.2 Å². The molecule has 42 heavy (non-hydrogen) atoms. The van der Waals surface area contributed by atoms with Gasteiger partial charge >= 0.3 is 11.9 Å². The standard InChI is InChI=1S/C36H56N2O4/c39-35(40)33-21-22-34(36(41)42)32(24-26-38(29-17-9-3-10-18-29)30-19-11-4-12-20-30)31(33)23-25-37(27-13-5-1-6-14-27)28-15-7-2-8-16-28/h21-22,27-30H,1-20,23-26H2,(H,39,40)(H,41,42). The van der Waals surface area contributed by atoms with Crippen molar-refractivity contribution >= 4 is 11.9 Å². The SMILES string of the molecule is O=C(O)c1ccc(C(=O)O)c(CCN(C2CCCCC2)C2CCCCC2)c1CCN(C1CCCCC1)C1CCCCC1. The van der Waals surface area contributed by atoms with Crippen LogP contribution in [0, 0.1) is 0 Å². The molecule has 0 saturated heterocycles. The fourth-order valence-corrected chi connectivity index (χ4v) is 9.12. The number of hydrogen-bond acceptors (Lipinski definition) is 4. The van der Waals surface area contributed by atoms with Crippen LogP contribution >= 0.6 is 0 Å². The van der Waals surface area contributed by atoms with Gasteiger partial charge in [-0.2, -0.15) is 0 Å². The maximum Gasteiger partial charge on any atom is 0.335 e. The molecular formula is C36H56N2O4. The van der Waals surface area contributed by atoms with E-state index in [0.29, 0.717) is 48.1 Å². The molecule has 4 aliphatic carbocycles. The first-order valence-corrected chi connectivity index (χ1v) is 17.7. The molecule has 0 unspecified atom stereocenters. The van der Waals surface area contributed by atoms with E-state index in [1.807, 2.05) is 0 Å². The lowest BCUT2D eigenvalue weighted by molar-refractivity contribution is 0.0673. The van der Waals surface area contributed by atoms with Gasteiger partial charge in [-0.3, -0.25) is 9.80 Å². The highest BCUT2D eigenvalue weighted by Gasteiger charge is 2.32.